The number of hydrogen-bond donors (Lipinski definition) is 2. The van der Waals surface area contributed by atoms with E-state index in [1.165, 1.54) is 0 Å². The second-order valence-electron chi connectivity index (χ2n) is 5.79. The Morgan fingerprint density at radius 2 is 2.00 bits per heavy atom. The normalized spacial score (nSPS) is 11.9. The highest BCUT2D eigenvalue weighted by Gasteiger charge is 2.10. The molecule has 1 unspecified atom stereocenters. The van der Waals surface area contributed by atoms with E-state index in [0.717, 1.165) is 16.5 Å². The topological polar surface area (TPSA) is 64.3 Å². The summed E-state index contributed by atoms with van der Waals surface area (Å²) in [4.78, 5) is 11.9. The maximum Gasteiger partial charge on any atom is 0.226 e. The van der Waals surface area contributed by atoms with Crippen molar-refractivity contribution in [2.75, 3.05) is 17.7 Å². The number of rotatable bonds is 7. The summed E-state index contributed by atoms with van der Waals surface area (Å²) in [6, 6.07) is 3.73. The van der Waals surface area contributed by atoms with Gasteiger partial charge in [0.1, 0.15) is 0 Å². The largest absolute Gasteiger partial charge is 0.397 e. The molecule has 1 aromatic carbocycles. The molecule has 1 aromatic rings. The van der Waals surface area contributed by atoms with Crippen LogP contribution in [0.3, 0.4) is 0 Å². The van der Waals surface area contributed by atoms with Gasteiger partial charge in [0.15, 0.2) is 0 Å². The first-order valence-corrected chi connectivity index (χ1v) is 8.06. The van der Waals surface area contributed by atoms with Crippen molar-refractivity contribution in [3.05, 3.63) is 22.2 Å². The fourth-order valence-electron chi connectivity index (χ4n) is 2.16. The first-order chi connectivity index (χ1) is 9.79. The Kier molecular flexibility index (Phi) is 9.72. The van der Waals surface area contributed by atoms with E-state index in [1.54, 1.807) is 0 Å². The average molecular weight is 394 g/mol. The van der Waals surface area contributed by atoms with E-state index in [1.807, 2.05) is 26.0 Å². The highest BCUT2D eigenvalue weighted by molar-refractivity contribution is 9.10. The van der Waals surface area contributed by atoms with Crippen LogP contribution >= 0.6 is 28.3 Å². The van der Waals surface area contributed by atoms with Crippen LogP contribution in [0.25, 0.3) is 0 Å². The molecular weight excluding hydrogens is 368 g/mol. The number of nitrogen functional groups attached to an aromatic ring is 1. The number of carbonyl (C=O) groups is 1. The van der Waals surface area contributed by atoms with Crippen LogP contribution in [0.15, 0.2) is 16.6 Å². The van der Waals surface area contributed by atoms with Crippen LogP contribution in [0.4, 0.5) is 11.4 Å². The summed E-state index contributed by atoms with van der Waals surface area (Å²) >= 11 is 3.40. The van der Waals surface area contributed by atoms with Crippen LogP contribution < -0.4 is 11.1 Å². The molecule has 6 heteroatoms. The predicted octanol–water partition coefficient (Wildman–Crippen LogP) is 4.54. The van der Waals surface area contributed by atoms with Crippen LogP contribution in [0.5, 0.6) is 0 Å². The van der Waals surface area contributed by atoms with Crippen molar-refractivity contribution < 1.29 is 9.53 Å². The van der Waals surface area contributed by atoms with Gasteiger partial charge in [-0.2, -0.15) is 0 Å². The van der Waals surface area contributed by atoms with Crippen molar-refractivity contribution in [1.82, 2.24) is 0 Å². The van der Waals surface area contributed by atoms with Crippen molar-refractivity contribution in [3.8, 4) is 0 Å². The maximum atomic E-state index is 11.9. The number of carbonyl (C=O) groups excluding carboxylic acids is 1. The molecule has 3 N–H and O–H groups in total. The van der Waals surface area contributed by atoms with E-state index in [2.05, 4.69) is 35.1 Å². The Morgan fingerprint density at radius 1 is 1.36 bits per heavy atom. The molecule has 0 aliphatic rings. The zero-order valence-corrected chi connectivity index (χ0v) is 16.0. The Hall–Kier alpha value is -0.780. The number of halogens is 2. The Morgan fingerprint density at radius 3 is 2.59 bits per heavy atom. The zero-order valence-electron chi connectivity index (χ0n) is 13.6. The Labute approximate surface area is 147 Å². The lowest BCUT2D eigenvalue weighted by Crippen LogP contribution is -2.18. The zero-order chi connectivity index (χ0) is 16.0. The first kappa shape index (κ1) is 21.2. The van der Waals surface area contributed by atoms with E-state index < -0.39 is 0 Å². The highest BCUT2D eigenvalue weighted by atomic mass is 79.9. The van der Waals surface area contributed by atoms with E-state index >= 15 is 0 Å². The smallest absolute Gasteiger partial charge is 0.226 e. The van der Waals surface area contributed by atoms with Gasteiger partial charge in [-0.25, -0.2) is 0 Å². The van der Waals surface area contributed by atoms with Gasteiger partial charge in [0, 0.05) is 4.47 Å². The quantitative estimate of drug-likeness (QED) is 0.668. The number of anilines is 2. The van der Waals surface area contributed by atoms with Crippen LogP contribution in [0.2, 0.25) is 0 Å². The molecule has 0 radical (unpaired) electrons. The molecule has 0 saturated carbocycles. The van der Waals surface area contributed by atoms with Gasteiger partial charge in [-0.1, -0.05) is 29.8 Å². The molecule has 0 aliphatic heterocycles. The van der Waals surface area contributed by atoms with E-state index in [-0.39, 0.29) is 24.4 Å². The van der Waals surface area contributed by atoms with Gasteiger partial charge in [0.2, 0.25) is 5.91 Å². The fourth-order valence-corrected chi connectivity index (χ4v) is 2.73. The van der Waals surface area contributed by atoms with Gasteiger partial charge in [0.05, 0.1) is 30.5 Å². The van der Waals surface area contributed by atoms with Crippen LogP contribution in [0, 0.1) is 12.8 Å². The lowest BCUT2D eigenvalue weighted by atomic mass is 10.1. The minimum Gasteiger partial charge on any atom is -0.397 e. The third kappa shape index (κ3) is 7.47. The van der Waals surface area contributed by atoms with Crippen LogP contribution in [-0.4, -0.2) is 18.6 Å². The summed E-state index contributed by atoms with van der Waals surface area (Å²) in [5.41, 5.74) is 8.14. The van der Waals surface area contributed by atoms with Crippen LogP contribution in [-0.2, 0) is 9.53 Å². The number of hydrogen-bond acceptors (Lipinski definition) is 3. The fraction of sp³-hybridized carbons (Fsp3) is 0.562. The summed E-state index contributed by atoms with van der Waals surface area (Å²) < 4.78 is 6.53. The lowest BCUT2D eigenvalue weighted by molar-refractivity contribution is -0.117. The lowest BCUT2D eigenvalue weighted by Gasteiger charge is -2.15. The summed E-state index contributed by atoms with van der Waals surface area (Å²) in [6.45, 7) is 8.68. The second kappa shape index (κ2) is 10.1. The van der Waals surface area contributed by atoms with Gasteiger partial charge in [-0.15, -0.1) is 12.4 Å². The molecule has 0 heterocycles. The maximum absolute atomic E-state index is 11.9. The van der Waals surface area contributed by atoms with Gasteiger partial charge >= 0.3 is 0 Å². The molecular formula is C16H26BrClN2O2. The molecule has 1 rings (SSSR count). The van der Waals surface area contributed by atoms with E-state index in [4.69, 9.17) is 10.5 Å². The van der Waals surface area contributed by atoms with Crippen LogP contribution in [0.1, 0.15) is 39.2 Å². The summed E-state index contributed by atoms with van der Waals surface area (Å²) in [6.07, 6.45) is 1.50. The minimum absolute atomic E-state index is 0. The molecule has 0 spiro atoms. The molecule has 0 aliphatic carbocycles. The summed E-state index contributed by atoms with van der Waals surface area (Å²) in [7, 11) is 0. The van der Waals surface area contributed by atoms with E-state index in [0.29, 0.717) is 30.3 Å². The van der Waals surface area contributed by atoms with E-state index in [9.17, 15) is 4.79 Å². The molecule has 1 amide bonds. The number of ether oxygens (including phenoxy) is 1. The summed E-state index contributed by atoms with van der Waals surface area (Å²) in [5, 5.41) is 2.83. The number of nitrogens with one attached hydrogen (secondary N) is 1. The van der Waals surface area contributed by atoms with Gasteiger partial charge < -0.3 is 15.8 Å². The molecule has 0 bridgehead atoms. The third-order valence-corrected chi connectivity index (χ3v) is 3.62. The molecule has 0 fully saturated rings. The molecule has 4 nitrogen and oxygen atoms in total. The van der Waals surface area contributed by atoms with Crippen molar-refractivity contribution in [1.29, 1.82) is 0 Å². The minimum atomic E-state index is -0.0871. The number of nitrogens with two attached hydrogens (primary N) is 1. The molecule has 22 heavy (non-hydrogen) atoms. The number of amides is 1. The second-order valence-corrected chi connectivity index (χ2v) is 6.71. The van der Waals surface area contributed by atoms with Crippen molar-refractivity contribution >= 4 is 45.6 Å². The van der Waals surface area contributed by atoms with Gasteiger partial charge in [-0.05, 0) is 43.9 Å². The standard InChI is InChI=1S/C16H25BrN2O2.ClH/c1-10(2)7-12(4)21-6-5-15(20)19-14-9-13(17)8-11(3)16(14)18;/h8-10,12H,5-7,18H2,1-4H3,(H,19,20);1H. The Bertz CT molecular complexity index is 495. The SMILES string of the molecule is Cc1cc(Br)cc(NC(=O)CCOC(C)CC(C)C)c1N.Cl. The molecule has 0 aromatic heterocycles. The Balaban J connectivity index is 0.00000441. The first-order valence-electron chi connectivity index (χ1n) is 7.26. The average Bonchev–Trinajstić information content (AvgIpc) is 2.34. The third-order valence-electron chi connectivity index (χ3n) is 3.16. The van der Waals surface area contributed by atoms with Crippen molar-refractivity contribution in [2.24, 2.45) is 5.92 Å². The number of benzene rings is 1. The highest BCUT2D eigenvalue weighted by Crippen LogP contribution is 2.27. The van der Waals surface area contributed by atoms with Gasteiger partial charge in [0.25, 0.3) is 0 Å². The molecule has 0 saturated heterocycles. The number of aryl methyl sites for hydroxylation is 1. The molecule has 1 atom stereocenters. The van der Waals surface area contributed by atoms with Crippen molar-refractivity contribution in [3.63, 3.8) is 0 Å². The summed E-state index contributed by atoms with van der Waals surface area (Å²) in [5.74, 6) is 0.509. The van der Waals surface area contributed by atoms with Crippen molar-refractivity contribution in [2.45, 2.75) is 46.6 Å². The van der Waals surface area contributed by atoms with Gasteiger partial charge in [-0.3, -0.25) is 4.79 Å². The monoisotopic (exact) mass is 392 g/mol. The molecule has 126 valence electrons. The predicted molar refractivity (Wildman–Crippen MR) is 98.7 cm³/mol.